The number of rotatable bonds is 12. The van der Waals surface area contributed by atoms with Crippen molar-refractivity contribution in [3.8, 4) is 0 Å². The molecule has 2 saturated heterocycles. The van der Waals surface area contributed by atoms with Gasteiger partial charge in [0.05, 0.1) is 18.8 Å². The summed E-state index contributed by atoms with van der Waals surface area (Å²) in [5.41, 5.74) is 17.8. The molecule has 2 rings (SSSR count). The maximum Gasteiger partial charge on any atom is 0.303 e. The first-order chi connectivity index (χ1) is 17.6. The summed E-state index contributed by atoms with van der Waals surface area (Å²) in [4.78, 5) is 40.4. The van der Waals surface area contributed by atoms with Crippen LogP contribution in [-0.2, 0) is 42.8 Å². The smallest absolute Gasteiger partial charge is 0.303 e. The maximum absolute atomic E-state index is 11.9. The molecule has 0 aromatic rings. The van der Waals surface area contributed by atoms with Crippen molar-refractivity contribution >= 4 is 17.9 Å². The van der Waals surface area contributed by atoms with Gasteiger partial charge in [0.1, 0.15) is 37.1 Å². The lowest BCUT2D eigenvalue weighted by atomic mass is 9.96. The van der Waals surface area contributed by atoms with Gasteiger partial charge in [0.15, 0.2) is 12.4 Å². The van der Waals surface area contributed by atoms with Gasteiger partial charge in [-0.1, -0.05) is 10.2 Å². The van der Waals surface area contributed by atoms with Crippen LogP contribution in [0.2, 0.25) is 0 Å². The van der Waals surface area contributed by atoms with Crippen molar-refractivity contribution < 1.29 is 53.0 Å². The van der Waals surface area contributed by atoms with E-state index in [4.69, 9.17) is 39.5 Å². The zero-order valence-corrected chi connectivity index (χ0v) is 20.5. The molecule has 2 N–H and O–H groups in total. The van der Waals surface area contributed by atoms with E-state index >= 15 is 0 Å². The van der Waals surface area contributed by atoms with Gasteiger partial charge in [-0.05, 0) is 23.9 Å². The Balaban J connectivity index is 2.45. The third-order valence-electron chi connectivity index (χ3n) is 5.55. The first-order valence-corrected chi connectivity index (χ1v) is 11.4. The lowest BCUT2D eigenvalue weighted by Gasteiger charge is -2.43. The van der Waals surface area contributed by atoms with Crippen LogP contribution < -0.4 is 0 Å². The minimum atomic E-state index is -1.55. The third kappa shape index (κ3) is 8.43. The van der Waals surface area contributed by atoms with Crippen LogP contribution in [0.1, 0.15) is 33.6 Å². The largest absolute Gasteiger partial charge is 0.463 e. The van der Waals surface area contributed by atoms with E-state index in [0.717, 1.165) is 6.92 Å². The number of hydrogen-bond acceptors (Lipinski definition) is 13. The summed E-state index contributed by atoms with van der Waals surface area (Å²) in [6.07, 6.45) is -9.15. The summed E-state index contributed by atoms with van der Waals surface area (Å²) in [7, 11) is 0. The molecule has 0 aromatic carbocycles. The van der Waals surface area contributed by atoms with Gasteiger partial charge in [-0.2, -0.15) is 0 Å². The van der Waals surface area contributed by atoms with Gasteiger partial charge in [-0.3, -0.25) is 14.4 Å². The van der Waals surface area contributed by atoms with Crippen LogP contribution in [0.5, 0.6) is 0 Å². The molecular formula is C20H30N6O11. The first kappa shape index (κ1) is 30.1. The Hall–Kier alpha value is -3.17. The van der Waals surface area contributed by atoms with Crippen LogP contribution in [0.15, 0.2) is 10.2 Å². The predicted octanol–water partition coefficient (Wildman–Crippen LogP) is 0.413. The van der Waals surface area contributed by atoms with Crippen LogP contribution >= 0.6 is 0 Å². The van der Waals surface area contributed by atoms with Crippen molar-refractivity contribution in [3.05, 3.63) is 20.9 Å². The Morgan fingerprint density at radius 2 is 1.59 bits per heavy atom. The third-order valence-corrected chi connectivity index (χ3v) is 5.55. The number of hydrogen-bond donors (Lipinski definition) is 2. The van der Waals surface area contributed by atoms with Crippen LogP contribution in [0.25, 0.3) is 20.9 Å². The number of ether oxygens (including phenoxy) is 6. The minimum Gasteiger partial charge on any atom is -0.463 e. The molecule has 2 heterocycles. The van der Waals surface area contributed by atoms with E-state index in [9.17, 15) is 24.6 Å². The van der Waals surface area contributed by atoms with Gasteiger partial charge < -0.3 is 38.6 Å². The number of aliphatic hydroxyl groups excluding tert-OH is 2. The van der Waals surface area contributed by atoms with E-state index in [1.165, 1.54) is 13.8 Å². The normalized spacial score (nSPS) is 32.9. The van der Waals surface area contributed by atoms with E-state index < -0.39 is 73.0 Å². The first-order valence-electron chi connectivity index (χ1n) is 11.4. The fourth-order valence-electron chi connectivity index (χ4n) is 4.11. The second-order valence-electron chi connectivity index (χ2n) is 8.27. The van der Waals surface area contributed by atoms with E-state index in [1.54, 1.807) is 0 Å². The van der Waals surface area contributed by atoms with Crippen molar-refractivity contribution in [2.45, 2.75) is 88.7 Å². The SMILES string of the molecule is CC(=O)OC[C@H]1OC(CCCO)[C@H](OC(C)=O)[C@@H]1O[C@H]1O[C@@H](CN=[N+]=[N-])[C@@H](O)[C@H](OC(C)=O)C1N=[N+]=[N-]. The molecule has 0 radical (unpaired) electrons. The quantitative estimate of drug-likeness (QED) is 0.115. The summed E-state index contributed by atoms with van der Waals surface area (Å²) in [6.45, 7) is 2.58. The van der Waals surface area contributed by atoms with Crippen molar-refractivity contribution in [2.75, 3.05) is 19.8 Å². The van der Waals surface area contributed by atoms with Gasteiger partial charge >= 0.3 is 17.9 Å². The molecular weight excluding hydrogens is 500 g/mol. The molecule has 0 spiro atoms. The fourth-order valence-corrected chi connectivity index (χ4v) is 4.11. The van der Waals surface area contributed by atoms with Gasteiger partial charge in [-0.25, -0.2) is 0 Å². The number of carbonyl (C=O) groups excluding carboxylic acids is 3. The molecule has 9 atom stereocenters. The number of carbonyl (C=O) groups is 3. The molecule has 17 heteroatoms. The second-order valence-corrected chi connectivity index (χ2v) is 8.27. The highest BCUT2D eigenvalue weighted by Gasteiger charge is 2.53. The molecule has 17 nitrogen and oxygen atoms in total. The van der Waals surface area contributed by atoms with Crippen molar-refractivity contribution in [1.82, 2.24) is 0 Å². The molecule has 0 amide bonds. The molecule has 2 aliphatic rings. The van der Waals surface area contributed by atoms with Crippen LogP contribution in [0, 0.1) is 0 Å². The number of esters is 3. The second kappa shape index (κ2) is 14.5. The van der Waals surface area contributed by atoms with E-state index in [-0.39, 0.29) is 26.2 Å². The molecule has 37 heavy (non-hydrogen) atoms. The van der Waals surface area contributed by atoms with Crippen LogP contribution in [0.3, 0.4) is 0 Å². The highest BCUT2D eigenvalue weighted by molar-refractivity contribution is 5.67. The van der Waals surface area contributed by atoms with Gasteiger partial charge in [0.2, 0.25) is 0 Å². The summed E-state index contributed by atoms with van der Waals surface area (Å²) in [6, 6.07) is -1.42. The number of nitrogens with zero attached hydrogens (tertiary/aromatic N) is 6. The molecule has 0 aromatic heterocycles. The highest BCUT2D eigenvalue weighted by atomic mass is 16.7. The Morgan fingerprint density at radius 1 is 0.919 bits per heavy atom. The Bertz CT molecular complexity index is 909. The zero-order chi connectivity index (χ0) is 27.5. The number of azide groups is 2. The molecule has 0 saturated carbocycles. The minimum absolute atomic E-state index is 0.166. The van der Waals surface area contributed by atoms with Crippen molar-refractivity contribution in [2.24, 2.45) is 10.2 Å². The van der Waals surface area contributed by atoms with Crippen molar-refractivity contribution in [3.63, 3.8) is 0 Å². The number of aliphatic hydroxyl groups is 2. The predicted molar refractivity (Wildman–Crippen MR) is 119 cm³/mol. The van der Waals surface area contributed by atoms with Crippen molar-refractivity contribution in [1.29, 1.82) is 0 Å². The average molecular weight is 530 g/mol. The Kier molecular flexibility index (Phi) is 11.8. The van der Waals surface area contributed by atoms with Crippen LogP contribution in [0.4, 0.5) is 0 Å². The average Bonchev–Trinajstić information content (AvgIpc) is 3.14. The Labute approximate surface area is 211 Å². The lowest BCUT2D eigenvalue weighted by molar-refractivity contribution is -0.282. The van der Waals surface area contributed by atoms with E-state index in [1.807, 2.05) is 0 Å². The van der Waals surface area contributed by atoms with E-state index in [0.29, 0.717) is 6.42 Å². The highest BCUT2D eigenvalue weighted by Crippen LogP contribution is 2.35. The maximum atomic E-state index is 11.9. The fraction of sp³-hybridized carbons (Fsp3) is 0.850. The summed E-state index contributed by atoms with van der Waals surface area (Å²) < 4.78 is 33.4. The molecule has 2 fully saturated rings. The zero-order valence-electron chi connectivity index (χ0n) is 20.5. The summed E-state index contributed by atoms with van der Waals surface area (Å²) in [5.74, 6) is -2.09. The summed E-state index contributed by atoms with van der Waals surface area (Å²) in [5, 5.41) is 26.9. The molecule has 0 bridgehead atoms. The molecule has 2 aliphatic heterocycles. The summed E-state index contributed by atoms with van der Waals surface area (Å²) >= 11 is 0. The Morgan fingerprint density at radius 3 is 2.16 bits per heavy atom. The lowest BCUT2D eigenvalue weighted by Crippen LogP contribution is -2.61. The molecule has 206 valence electrons. The van der Waals surface area contributed by atoms with E-state index in [2.05, 4.69) is 20.1 Å². The van der Waals surface area contributed by atoms with Gasteiger partial charge in [-0.15, -0.1) is 0 Å². The van der Waals surface area contributed by atoms with Crippen LogP contribution in [-0.4, -0.2) is 103 Å². The van der Waals surface area contributed by atoms with Gasteiger partial charge in [0.25, 0.3) is 0 Å². The standard InChI is InChI=1S/C20H30N6O11/c1-9(28)32-8-14-18(17(33-10(2)29)12(35-14)5-4-6-27)37-20-15(24-26-22)19(34-11(3)30)16(31)13(36-20)7-23-25-21/h12-20,27,31H,4-8H2,1-3H3/t12?,13-,14+,15?,16+,17-,18+,19+,20+/m0/s1. The molecule has 2 unspecified atom stereocenters. The van der Waals surface area contributed by atoms with Gasteiger partial charge in [0, 0.05) is 37.2 Å². The topological polar surface area (TPSA) is 245 Å². The molecule has 0 aliphatic carbocycles. The monoisotopic (exact) mass is 530 g/mol.